The van der Waals surface area contributed by atoms with Crippen molar-refractivity contribution >= 4 is 0 Å². The zero-order valence-electron chi connectivity index (χ0n) is 12.8. The van der Waals surface area contributed by atoms with Crippen molar-refractivity contribution in [2.45, 2.75) is 51.9 Å². The second kappa shape index (κ2) is 7.09. The molecule has 19 heavy (non-hydrogen) atoms. The van der Waals surface area contributed by atoms with Gasteiger partial charge in [-0.15, -0.1) is 0 Å². The van der Waals surface area contributed by atoms with Crippen LogP contribution in [0, 0.1) is 11.8 Å². The second-order valence-electron chi connectivity index (χ2n) is 6.02. The van der Waals surface area contributed by atoms with Crippen molar-refractivity contribution < 1.29 is 0 Å². The van der Waals surface area contributed by atoms with Gasteiger partial charge in [0.1, 0.15) is 0 Å². The van der Waals surface area contributed by atoms with Gasteiger partial charge in [0.2, 0.25) is 0 Å². The molecule has 0 bridgehead atoms. The summed E-state index contributed by atoms with van der Waals surface area (Å²) in [6.45, 7) is 3.35. The van der Waals surface area contributed by atoms with Crippen LogP contribution < -0.4 is 5.32 Å². The lowest BCUT2D eigenvalue weighted by Gasteiger charge is -2.25. The quantitative estimate of drug-likeness (QED) is 0.828. The van der Waals surface area contributed by atoms with Gasteiger partial charge in [-0.25, -0.2) is 0 Å². The molecular weight excluding hydrogens is 234 g/mol. The Labute approximate surface area is 117 Å². The van der Waals surface area contributed by atoms with Crippen LogP contribution in [-0.4, -0.2) is 23.4 Å². The van der Waals surface area contributed by atoms with Crippen molar-refractivity contribution in [3.63, 3.8) is 0 Å². The lowest BCUT2D eigenvalue weighted by atomic mass is 9.84. The van der Waals surface area contributed by atoms with E-state index in [0.29, 0.717) is 0 Å². The van der Waals surface area contributed by atoms with Crippen molar-refractivity contribution in [2.24, 2.45) is 18.9 Å². The summed E-state index contributed by atoms with van der Waals surface area (Å²) in [7, 11) is 4.18. The van der Waals surface area contributed by atoms with Gasteiger partial charge in [-0.1, -0.05) is 26.2 Å². The minimum atomic E-state index is 0.829. The zero-order chi connectivity index (χ0) is 13.7. The summed E-state index contributed by atoms with van der Waals surface area (Å²) in [5, 5.41) is 7.98. The third-order valence-electron chi connectivity index (χ3n) is 4.64. The van der Waals surface area contributed by atoms with E-state index in [1.807, 2.05) is 0 Å². The van der Waals surface area contributed by atoms with Gasteiger partial charge in [0.15, 0.2) is 0 Å². The highest BCUT2D eigenvalue weighted by Crippen LogP contribution is 2.31. The Morgan fingerprint density at radius 1 is 1.26 bits per heavy atom. The third kappa shape index (κ3) is 3.82. The number of aromatic nitrogens is 2. The Balaban J connectivity index is 2.06. The van der Waals surface area contributed by atoms with Gasteiger partial charge in [-0.3, -0.25) is 4.68 Å². The molecule has 0 radical (unpaired) electrons. The summed E-state index contributed by atoms with van der Waals surface area (Å²) < 4.78 is 2.10. The third-order valence-corrected chi connectivity index (χ3v) is 4.64. The molecule has 0 aromatic carbocycles. The summed E-state index contributed by atoms with van der Waals surface area (Å²) in [6.07, 6.45) is 9.26. The molecule has 108 valence electrons. The van der Waals surface area contributed by atoms with Crippen LogP contribution in [0.2, 0.25) is 0 Å². The predicted octanol–water partition coefficient (Wildman–Crippen LogP) is 2.94. The van der Waals surface area contributed by atoms with E-state index in [2.05, 4.69) is 42.2 Å². The molecule has 1 aliphatic rings. The molecule has 1 saturated carbocycles. The van der Waals surface area contributed by atoms with E-state index in [1.54, 1.807) is 0 Å². The predicted molar refractivity (Wildman–Crippen MR) is 80.3 cm³/mol. The molecule has 2 rings (SSSR count). The van der Waals surface area contributed by atoms with E-state index in [-0.39, 0.29) is 0 Å². The number of hydrogen-bond donors (Lipinski definition) is 1. The highest BCUT2D eigenvalue weighted by molar-refractivity contribution is 5.11. The maximum atomic E-state index is 4.59. The van der Waals surface area contributed by atoms with Gasteiger partial charge >= 0.3 is 0 Å². The van der Waals surface area contributed by atoms with Crippen LogP contribution in [0.25, 0.3) is 0 Å². The number of hydrogen-bond acceptors (Lipinski definition) is 2. The molecule has 0 spiro atoms. The first-order valence-corrected chi connectivity index (χ1v) is 7.91. The Morgan fingerprint density at radius 2 is 2.00 bits per heavy atom. The van der Waals surface area contributed by atoms with Gasteiger partial charge in [-0.05, 0) is 57.2 Å². The number of nitrogens with one attached hydrogen (secondary N) is 1. The summed E-state index contributed by atoms with van der Waals surface area (Å²) in [6, 6.07) is 2.31. The van der Waals surface area contributed by atoms with Crippen LogP contribution in [0.5, 0.6) is 0 Å². The van der Waals surface area contributed by atoms with Crippen LogP contribution in [-0.2, 0) is 19.9 Å². The summed E-state index contributed by atoms with van der Waals surface area (Å²) >= 11 is 0. The van der Waals surface area contributed by atoms with Gasteiger partial charge < -0.3 is 5.32 Å². The first kappa shape index (κ1) is 14.6. The molecule has 2 atom stereocenters. The molecule has 1 fully saturated rings. The molecule has 1 aliphatic carbocycles. The minimum absolute atomic E-state index is 0.829. The fourth-order valence-corrected chi connectivity index (χ4v) is 3.46. The fourth-order valence-electron chi connectivity index (χ4n) is 3.46. The van der Waals surface area contributed by atoms with Crippen LogP contribution in [0.1, 0.15) is 50.4 Å². The Bertz CT molecular complexity index is 383. The van der Waals surface area contributed by atoms with Gasteiger partial charge in [0.05, 0.1) is 5.69 Å². The van der Waals surface area contributed by atoms with Crippen LogP contribution in [0.3, 0.4) is 0 Å². The first-order chi connectivity index (χ1) is 9.24. The van der Waals surface area contributed by atoms with E-state index < -0.39 is 0 Å². The molecule has 0 aliphatic heterocycles. The van der Waals surface area contributed by atoms with Crippen molar-refractivity contribution in [1.82, 2.24) is 15.1 Å². The SMILES string of the molecule is CCc1cc(CC2CCCCCC2CNC)n(C)n1. The molecule has 1 aromatic rings. The van der Waals surface area contributed by atoms with E-state index in [4.69, 9.17) is 0 Å². The topological polar surface area (TPSA) is 29.9 Å². The molecule has 3 nitrogen and oxygen atoms in total. The molecule has 1 heterocycles. The highest BCUT2D eigenvalue weighted by atomic mass is 15.3. The Hall–Kier alpha value is -0.830. The molecular formula is C16H29N3. The van der Waals surface area contributed by atoms with E-state index in [1.165, 1.54) is 56.5 Å². The van der Waals surface area contributed by atoms with Crippen molar-refractivity contribution in [3.8, 4) is 0 Å². The summed E-state index contributed by atoms with van der Waals surface area (Å²) in [4.78, 5) is 0. The number of rotatable bonds is 5. The van der Waals surface area contributed by atoms with Crippen LogP contribution in [0.4, 0.5) is 0 Å². The molecule has 0 saturated heterocycles. The van der Waals surface area contributed by atoms with E-state index in [9.17, 15) is 0 Å². The average molecular weight is 263 g/mol. The monoisotopic (exact) mass is 263 g/mol. The fraction of sp³-hybridized carbons (Fsp3) is 0.812. The molecule has 1 aromatic heterocycles. The van der Waals surface area contributed by atoms with Crippen molar-refractivity contribution in [1.29, 1.82) is 0 Å². The molecule has 0 amide bonds. The lowest BCUT2D eigenvalue weighted by molar-refractivity contribution is 0.299. The normalized spacial score (nSPS) is 24.4. The summed E-state index contributed by atoms with van der Waals surface area (Å²) in [5.41, 5.74) is 2.65. The average Bonchev–Trinajstić information content (AvgIpc) is 2.61. The Kier molecular flexibility index (Phi) is 5.44. The van der Waals surface area contributed by atoms with Crippen LogP contribution in [0.15, 0.2) is 6.07 Å². The minimum Gasteiger partial charge on any atom is -0.319 e. The number of aryl methyl sites for hydroxylation is 2. The van der Waals surface area contributed by atoms with E-state index in [0.717, 1.165) is 18.3 Å². The Morgan fingerprint density at radius 3 is 2.63 bits per heavy atom. The van der Waals surface area contributed by atoms with E-state index >= 15 is 0 Å². The van der Waals surface area contributed by atoms with Gasteiger partial charge in [0, 0.05) is 12.7 Å². The number of nitrogens with zero attached hydrogens (tertiary/aromatic N) is 2. The van der Waals surface area contributed by atoms with Crippen LogP contribution >= 0.6 is 0 Å². The standard InChI is InChI=1S/C16H29N3/c1-4-15-11-16(19(3)18-15)10-13-8-6-5-7-9-14(13)12-17-2/h11,13-14,17H,4-10,12H2,1-3H3. The summed E-state index contributed by atoms with van der Waals surface area (Å²) in [5.74, 6) is 1.67. The lowest BCUT2D eigenvalue weighted by Crippen LogP contribution is -2.27. The largest absolute Gasteiger partial charge is 0.319 e. The first-order valence-electron chi connectivity index (χ1n) is 7.91. The maximum absolute atomic E-state index is 4.59. The molecule has 1 N–H and O–H groups in total. The zero-order valence-corrected chi connectivity index (χ0v) is 12.8. The van der Waals surface area contributed by atoms with Gasteiger partial charge in [-0.2, -0.15) is 5.10 Å². The second-order valence-corrected chi connectivity index (χ2v) is 6.02. The molecule has 3 heteroatoms. The maximum Gasteiger partial charge on any atom is 0.0624 e. The smallest absolute Gasteiger partial charge is 0.0624 e. The van der Waals surface area contributed by atoms with Crippen molar-refractivity contribution in [2.75, 3.05) is 13.6 Å². The molecule has 2 unspecified atom stereocenters. The van der Waals surface area contributed by atoms with Crippen molar-refractivity contribution in [3.05, 3.63) is 17.5 Å². The highest BCUT2D eigenvalue weighted by Gasteiger charge is 2.24. The van der Waals surface area contributed by atoms with Gasteiger partial charge in [0.25, 0.3) is 0 Å².